The molecule has 0 aliphatic heterocycles. The molecule has 1 N–H and O–H groups in total. The summed E-state index contributed by atoms with van der Waals surface area (Å²) in [6.07, 6.45) is -3.80. The van der Waals surface area contributed by atoms with Gasteiger partial charge in [-0.3, -0.25) is 4.79 Å². The predicted octanol–water partition coefficient (Wildman–Crippen LogP) is 5.41. The molecule has 1 amide bonds. The monoisotopic (exact) mass is 422 g/mol. The fourth-order valence-corrected chi connectivity index (χ4v) is 3.50. The molecular formula is C21H21F3N2O2S. The van der Waals surface area contributed by atoms with Gasteiger partial charge in [-0.05, 0) is 49.7 Å². The lowest BCUT2D eigenvalue weighted by Gasteiger charge is -2.18. The van der Waals surface area contributed by atoms with Gasteiger partial charge in [-0.2, -0.15) is 18.4 Å². The Morgan fingerprint density at radius 3 is 2.62 bits per heavy atom. The van der Waals surface area contributed by atoms with Crippen LogP contribution in [0, 0.1) is 11.3 Å². The van der Waals surface area contributed by atoms with Crippen molar-refractivity contribution in [3.63, 3.8) is 0 Å². The molecule has 0 spiro atoms. The highest BCUT2D eigenvalue weighted by molar-refractivity contribution is 7.99. The van der Waals surface area contributed by atoms with Crippen LogP contribution in [0.1, 0.15) is 37.8 Å². The van der Waals surface area contributed by atoms with Crippen LogP contribution in [-0.4, -0.2) is 18.6 Å². The van der Waals surface area contributed by atoms with Crippen molar-refractivity contribution < 1.29 is 22.7 Å². The van der Waals surface area contributed by atoms with Crippen molar-refractivity contribution in [1.82, 2.24) is 5.32 Å². The molecule has 0 aliphatic carbocycles. The first-order chi connectivity index (χ1) is 13.8. The molecule has 2 aromatic carbocycles. The summed E-state index contributed by atoms with van der Waals surface area (Å²) >= 11 is 1.16. The molecule has 1 atom stereocenters. The normalized spacial score (nSPS) is 12.1. The third-order valence-corrected chi connectivity index (χ3v) is 5.00. The quantitative estimate of drug-likeness (QED) is 0.618. The molecule has 0 aromatic heterocycles. The van der Waals surface area contributed by atoms with Gasteiger partial charge in [0.15, 0.2) is 6.10 Å². The molecule has 4 nitrogen and oxygen atoms in total. The number of alkyl halides is 3. The summed E-state index contributed by atoms with van der Waals surface area (Å²) in [4.78, 5) is 13.2. The average Bonchev–Trinajstić information content (AvgIpc) is 2.67. The van der Waals surface area contributed by atoms with Crippen molar-refractivity contribution >= 4 is 17.7 Å². The van der Waals surface area contributed by atoms with Crippen LogP contribution >= 0.6 is 11.8 Å². The fraction of sp³-hybridized carbons (Fsp3) is 0.333. The molecule has 154 valence electrons. The van der Waals surface area contributed by atoms with E-state index in [4.69, 9.17) is 4.74 Å². The van der Waals surface area contributed by atoms with E-state index < -0.39 is 17.8 Å². The number of likely N-dealkylation sites (N-methyl/N-ethyl adjacent to an activating group) is 1. The third kappa shape index (κ3) is 6.43. The average molecular weight is 422 g/mol. The zero-order chi connectivity index (χ0) is 21.4. The van der Waals surface area contributed by atoms with Crippen LogP contribution in [-0.2, 0) is 11.0 Å². The van der Waals surface area contributed by atoms with E-state index in [0.717, 1.165) is 30.3 Å². The number of ether oxygens (including phenoxy) is 1. The van der Waals surface area contributed by atoms with Gasteiger partial charge in [0.05, 0.1) is 11.1 Å². The first-order valence-electron chi connectivity index (χ1n) is 9.12. The maximum atomic E-state index is 12.9. The molecule has 0 heterocycles. The lowest BCUT2D eigenvalue weighted by atomic mass is 10.1. The van der Waals surface area contributed by atoms with E-state index in [9.17, 15) is 23.2 Å². The highest BCUT2D eigenvalue weighted by atomic mass is 32.2. The first kappa shape index (κ1) is 22.6. The van der Waals surface area contributed by atoms with Gasteiger partial charge >= 0.3 is 6.18 Å². The zero-order valence-corrected chi connectivity index (χ0v) is 16.9. The summed E-state index contributed by atoms with van der Waals surface area (Å²) in [5.41, 5.74) is -0.915. The highest BCUT2D eigenvalue weighted by Gasteiger charge is 2.31. The number of rotatable bonds is 8. The van der Waals surface area contributed by atoms with Gasteiger partial charge in [-0.1, -0.05) is 31.2 Å². The highest BCUT2D eigenvalue weighted by Crippen LogP contribution is 2.36. The number of halogens is 3. The van der Waals surface area contributed by atoms with Crippen molar-refractivity contribution in [3.8, 4) is 11.8 Å². The Labute approximate surface area is 172 Å². The van der Waals surface area contributed by atoms with E-state index in [-0.39, 0.29) is 11.5 Å². The minimum absolute atomic E-state index is 0.0534. The van der Waals surface area contributed by atoms with Gasteiger partial charge in [0.1, 0.15) is 11.8 Å². The molecule has 0 fully saturated rings. The Hall–Kier alpha value is -2.66. The van der Waals surface area contributed by atoms with Crippen molar-refractivity contribution in [1.29, 1.82) is 5.26 Å². The second kappa shape index (κ2) is 10.2. The minimum Gasteiger partial charge on any atom is -0.481 e. The maximum absolute atomic E-state index is 12.9. The first-order valence-corrected chi connectivity index (χ1v) is 9.93. The van der Waals surface area contributed by atoms with E-state index in [1.54, 1.807) is 24.3 Å². The van der Waals surface area contributed by atoms with Crippen LogP contribution < -0.4 is 10.1 Å². The van der Waals surface area contributed by atoms with Gasteiger partial charge in [0, 0.05) is 16.3 Å². The Morgan fingerprint density at radius 2 is 2.00 bits per heavy atom. The van der Waals surface area contributed by atoms with Gasteiger partial charge in [-0.25, -0.2) is 0 Å². The molecule has 29 heavy (non-hydrogen) atoms. The van der Waals surface area contributed by atoms with Crippen molar-refractivity contribution in [2.45, 2.75) is 48.8 Å². The lowest BCUT2D eigenvalue weighted by molar-refractivity contribution is -0.137. The van der Waals surface area contributed by atoms with Gasteiger partial charge in [-0.15, -0.1) is 0 Å². The van der Waals surface area contributed by atoms with E-state index >= 15 is 0 Å². The van der Waals surface area contributed by atoms with Crippen LogP contribution in [0.15, 0.2) is 52.3 Å². The SMILES string of the molecule is CCCC(Oc1cccc(Sc2ccc(C(F)(F)F)cc2C#N)c1)C(=O)NCC. The molecule has 2 aromatic rings. The fourth-order valence-electron chi connectivity index (χ4n) is 2.58. The van der Waals surface area contributed by atoms with Crippen LogP contribution in [0.3, 0.4) is 0 Å². The number of nitrogens with zero attached hydrogens (tertiary/aromatic N) is 1. The van der Waals surface area contributed by atoms with Crippen LogP contribution in [0.2, 0.25) is 0 Å². The van der Waals surface area contributed by atoms with E-state index in [1.165, 1.54) is 6.07 Å². The molecule has 2 rings (SSSR count). The number of carbonyl (C=O) groups excluding carboxylic acids is 1. The van der Waals surface area contributed by atoms with E-state index in [0.29, 0.717) is 28.5 Å². The number of hydrogen-bond donors (Lipinski definition) is 1. The third-order valence-electron chi connectivity index (χ3n) is 3.93. The largest absolute Gasteiger partial charge is 0.481 e. The molecule has 0 saturated heterocycles. The Kier molecular flexibility index (Phi) is 7.97. The van der Waals surface area contributed by atoms with E-state index in [2.05, 4.69) is 5.32 Å². The Balaban J connectivity index is 2.21. The summed E-state index contributed by atoms with van der Waals surface area (Å²) in [5, 5.41) is 12.0. The summed E-state index contributed by atoms with van der Waals surface area (Å²) < 4.78 is 44.4. The molecular weight excluding hydrogens is 401 g/mol. The minimum atomic E-state index is -4.50. The second-order valence-corrected chi connectivity index (χ2v) is 7.30. The van der Waals surface area contributed by atoms with Crippen molar-refractivity contribution in [2.24, 2.45) is 0 Å². The van der Waals surface area contributed by atoms with Gasteiger partial charge < -0.3 is 10.1 Å². The lowest BCUT2D eigenvalue weighted by Crippen LogP contribution is -2.38. The van der Waals surface area contributed by atoms with E-state index in [1.807, 2.05) is 19.9 Å². The van der Waals surface area contributed by atoms with Gasteiger partial charge in [0.2, 0.25) is 0 Å². The topological polar surface area (TPSA) is 62.1 Å². The number of nitrogens with one attached hydrogen (secondary N) is 1. The molecule has 1 unspecified atom stereocenters. The maximum Gasteiger partial charge on any atom is 0.416 e. The number of amides is 1. The summed E-state index contributed by atoms with van der Waals surface area (Å²) in [6, 6.07) is 11.8. The Morgan fingerprint density at radius 1 is 1.24 bits per heavy atom. The molecule has 0 bridgehead atoms. The second-order valence-electron chi connectivity index (χ2n) is 6.19. The smallest absolute Gasteiger partial charge is 0.416 e. The molecule has 8 heteroatoms. The summed E-state index contributed by atoms with van der Waals surface area (Å²) in [7, 11) is 0. The standard InChI is InChI=1S/C21H21F3N2O2S/c1-3-6-18(20(27)26-4-2)28-16-7-5-8-17(12-16)29-19-10-9-15(21(22,23)24)11-14(19)13-25/h5,7-12,18H,3-4,6H2,1-2H3,(H,26,27). The van der Waals surface area contributed by atoms with Crippen molar-refractivity contribution in [3.05, 3.63) is 53.6 Å². The molecule has 0 saturated carbocycles. The summed E-state index contributed by atoms with van der Waals surface area (Å²) in [5.74, 6) is 0.284. The number of nitriles is 1. The van der Waals surface area contributed by atoms with Crippen LogP contribution in [0.25, 0.3) is 0 Å². The molecule has 0 aliphatic rings. The number of hydrogen-bond acceptors (Lipinski definition) is 4. The van der Waals surface area contributed by atoms with Gasteiger partial charge in [0.25, 0.3) is 5.91 Å². The zero-order valence-electron chi connectivity index (χ0n) is 16.0. The predicted molar refractivity (Wildman–Crippen MR) is 105 cm³/mol. The number of carbonyl (C=O) groups is 1. The molecule has 0 radical (unpaired) electrons. The Bertz CT molecular complexity index is 894. The van der Waals surface area contributed by atoms with Crippen LogP contribution in [0.4, 0.5) is 13.2 Å². The van der Waals surface area contributed by atoms with Crippen molar-refractivity contribution in [2.75, 3.05) is 6.54 Å². The van der Waals surface area contributed by atoms with Crippen LogP contribution in [0.5, 0.6) is 5.75 Å². The number of benzene rings is 2. The summed E-state index contributed by atoms with van der Waals surface area (Å²) in [6.45, 7) is 4.29.